The second-order valence-corrected chi connectivity index (χ2v) is 6.18. The van der Waals surface area contributed by atoms with E-state index in [4.69, 9.17) is 4.74 Å². The first-order valence-corrected chi connectivity index (χ1v) is 7.39. The van der Waals surface area contributed by atoms with Gasteiger partial charge in [-0.2, -0.15) is 0 Å². The molecule has 0 aliphatic rings. The summed E-state index contributed by atoms with van der Waals surface area (Å²) in [6, 6.07) is 0. The van der Waals surface area contributed by atoms with E-state index in [1.165, 1.54) is 5.57 Å². The molecule has 0 aromatic rings. The average Bonchev–Trinajstić information content (AvgIpc) is 2.37. The number of aliphatic hydroxyl groups excluding tert-OH is 2. The Hall–Kier alpha value is -0.640. The Morgan fingerprint density at radius 2 is 1.60 bits per heavy atom. The van der Waals surface area contributed by atoms with Crippen LogP contribution in [0.3, 0.4) is 0 Å². The third-order valence-electron chi connectivity index (χ3n) is 3.73. The summed E-state index contributed by atoms with van der Waals surface area (Å²) in [7, 11) is 1.67. The normalized spacial score (nSPS) is 19.9. The standard InChI is InChI=1S/C17H32O3/c1-11(2)8-12(3)16(19)13(4)9-14(5)17(20-7)15(6)10-18/h8-9,12,14-19H,10H2,1-7H3/b13-9+/t12-,14+,15-,16-,17-/m0/s1. The van der Waals surface area contributed by atoms with E-state index < -0.39 is 6.10 Å². The zero-order valence-electron chi connectivity index (χ0n) is 14.1. The smallest absolute Gasteiger partial charge is 0.0807 e. The summed E-state index contributed by atoms with van der Waals surface area (Å²) in [6.45, 7) is 12.2. The van der Waals surface area contributed by atoms with Crippen molar-refractivity contribution >= 4 is 0 Å². The number of hydrogen-bond donors (Lipinski definition) is 2. The van der Waals surface area contributed by atoms with E-state index in [0.29, 0.717) is 0 Å². The molecule has 0 heterocycles. The summed E-state index contributed by atoms with van der Waals surface area (Å²) in [5.41, 5.74) is 2.16. The van der Waals surface area contributed by atoms with Crippen molar-refractivity contribution in [3.8, 4) is 0 Å². The first-order chi connectivity index (χ1) is 9.24. The summed E-state index contributed by atoms with van der Waals surface area (Å²) in [5.74, 6) is 0.321. The van der Waals surface area contributed by atoms with Crippen LogP contribution in [0.25, 0.3) is 0 Å². The van der Waals surface area contributed by atoms with Crippen molar-refractivity contribution in [3.05, 3.63) is 23.3 Å². The lowest BCUT2D eigenvalue weighted by Gasteiger charge is -2.27. The number of rotatable bonds is 8. The first kappa shape index (κ1) is 19.4. The van der Waals surface area contributed by atoms with Crippen molar-refractivity contribution in [1.82, 2.24) is 0 Å². The zero-order chi connectivity index (χ0) is 15.9. The number of methoxy groups -OCH3 is 1. The molecule has 0 unspecified atom stereocenters. The fourth-order valence-corrected chi connectivity index (χ4v) is 2.71. The predicted octanol–water partition coefficient (Wildman–Crippen LogP) is 3.18. The average molecular weight is 284 g/mol. The number of aliphatic hydroxyl groups is 2. The third kappa shape index (κ3) is 6.21. The van der Waals surface area contributed by atoms with Crippen molar-refractivity contribution in [2.24, 2.45) is 17.8 Å². The third-order valence-corrected chi connectivity index (χ3v) is 3.73. The first-order valence-electron chi connectivity index (χ1n) is 7.39. The van der Waals surface area contributed by atoms with Gasteiger partial charge in [0, 0.05) is 31.5 Å². The van der Waals surface area contributed by atoms with Crippen LogP contribution in [0, 0.1) is 17.8 Å². The van der Waals surface area contributed by atoms with Gasteiger partial charge in [-0.3, -0.25) is 0 Å². The summed E-state index contributed by atoms with van der Waals surface area (Å²) in [5, 5.41) is 19.6. The summed E-state index contributed by atoms with van der Waals surface area (Å²) < 4.78 is 5.47. The van der Waals surface area contributed by atoms with Crippen LogP contribution in [-0.4, -0.2) is 36.1 Å². The maximum Gasteiger partial charge on any atom is 0.0807 e. The highest BCUT2D eigenvalue weighted by Gasteiger charge is 2.23. The molecule has 0 bridgehead atoms. The van der Waals surface area contributed by atoms with Gasteiger partial charge in [0.25, 0.3) is 0 Å². The minimum Gasteiger partial charge on any atom is -0.396 e. The van der Waals surface area contributed by atoms with E-state index in [1.807, 2.05) is 34.6 Å². The van der Waals surface area contributed by atoms with Crippen LogP contribution in [-0.2, 0) is 4.74 Å². The molecule has 3 nitrogen and oxygen atoms in total. The molecule has 3 heteroatoms. The van der Waals surface area contributed by atoms with Gasteiger partial charge in [-0.05, 0) is 26.3 Å². The highest BCUT2D eigenvalue weighted by atomic mass is 16.5. The molecule has 0 aromatic heterocycles. The van der Waals surface area contributed by atoms with Crippen molar-refractivity contribution in [3.63, 3.8) is 0 Å². The van der Waals surface area contributed by atoms with Crippen LogP contribution < -0.4 is 0 Å². The van der Waals surface area contributed by atoms with Gasteiger partial charge in [-0.15, -0.1) is 0 Å². The van der Waals surface area contributed by atoms with Crippen molar-refractivity contribution in [2.75, 3.05) is 13.7 Å². The van der Waals surface area contributed by atoms with Crippen LogP contribution in [0.2, 0.25) is 0 Å². The molecule has 0 saturated heterocycles. The molecule has 0 radical (unpaired) electrons. The van der Waals surface area contributed by atoms with E-state index in [1.54, 1.807) is 7.11 Å². The second-order valence-electron chi connectivity index (χ2n) is 6.18. The molecule has 5 atom stereocenters. The highest BCUT2D eigenvalue weighted by molar-refractivity contribution is 5.12. The molecule has 0 fully saturated rings. The fourth-order valence-electron chi connectivity index (χ4n) is 2.71. The summed E-state index contributed by atoms with van der Waals surface area (Å²) in [6.07, 6.45) is 3.62. The van der Waals surface area contributed by atoms with Gasteiger partial charge in [-0.25, -0.2) is 0 Å². The minimum atomic E-state index is -0.478. The maximum atomic E-state index is 10.3. The molecular formula is C17H32O3. The Bertz CT molecular complexity index is 329. The lowest BCUT2D eigenvalue weighted by Crippen LogP contribution is -2.30. The predicted molar refractivity (Wildman–Crippen MR) is 84.6 cm³/mol. The van der Waals surface area contributed by atoms with Crippen LogP contribution in [0.15, 0.2) is 23.3 Å². The minimum absolute atomic E-state index is 0.0408. The second kappa shape index (κ2) is 9.32. The number of hydrogen-bond acceptors (Lipinski definition) is 3. The molecule has 2 N–H and O–H groups in total. The van der Waals surface area contributed by atoms with Crippen LogP contribution in [0.4, 0.5) is 0 Å². The molecule has 0 aromatic carbocycles. The fraction of sp³-hybridized carbons (Fsp3) is 0.765. The molecule has 0 aliphatic heterocycles. The SMILES string of the molecule is CO[C@@H]([C@H](C)/C=C(\C)[C@@H](O)[C@@H](C)C=C(C)C)[C@@H](C)CO. The van der Waals surface area contributed by atoms with Gasteiger partial charge in [-0.1, -0.05) is 38.5 Å². The quantitative estimate of drug-likeness (QED) is 0.673. The Kier molecular flexibility index (Phi) is 9.03. The van der Waals surface area contributed by atoms with Gasteiger partial charge in [0.2, 0.25) is 0 Å². The van der Waals surface area contributed by atoms with Crippen LogP contribution in [0.1, 0.15) is 41.5 Å². The molecule has 0 saturated carbocycles. The molecule has 20 heavy (non-hydrogen) atoms. The van der Waals surface area contributed by atoms with Crippen LogP contribution >= 0.6 is 0 Å². The van der Waals surface area contributed by atoms with Crippen molar-refractivity contribution in [1.29, 1.82) is 0 Å². The number of ether oxygens (including phenoxy) is 1. The van der Waals surface area contributed by atoms with Gasteiger partial charge in [0.05, 0.1) is 12.2 Å². The van der Waals surface area contributed by atoms with Gasteiger partial charge < -0.3 is 14.9 Å². The molecule has 0 rings (SSSR count). The van der Waals surface area contributed by atoms with E-state index in [-0.39, 0.29) is 30.5 Å². The largest absolute Gasteiger partial charge is 0.396 e. The molecule has 0 spiro atoms. The Morgan fingerprint density at radius 3 is 2.00 bits per heavy atom. The zero-order valence-corrected chi connectivity index (χ0v) is 14.1. The molecule has 0 aliphatic carbocycles. The lowest BCUT2D eigenvalue weighted by atomic mass is 9.89. The Labute approximate surface area is 124 Å². The van der Waals surface area contributed by atoms with Gasteiger partial charge in [0.1, 0.15) is 0 Å². The lowest BCUT2D eigenvalue weighted by molar-refractivity contribution is 0.0101. The highest BCUT2D eigenvalue weighted by Crippen LogP contribution is 2.22. The summed E-state index contributed by atoms with van der Waals surface area (Å²) >= 11 is 0. The van der Waals surface area contributed by atoms with Gasteiger partial charge >= 0.3 is 0 Å². The van der Waals surface area contributed by atoms with E-state index in [0.717, 1.165) is 5.57 Å². The molecule has 118 valence electrons. The molecular weight excluding hydrogens is 252 g/mol. The van der Waals surface area contributed by atoms with Crippen LogP contribution in [0.5, 0.6) is 0 Å². The monoisotopic (exact) mass is 284 g/mol. The molecule has 0 amide bonds. The van der Waals surface area contributed by atoms with Crippen molar-refractivity contribution in [2.45, 2.75) is 53.8 Å². The maximum absolute atomic E-state index is 10.3. The van der Waals surface area contributed by atoms with Crippen molar-refractivity contribution < 1.29 is 14.9 Å². The topological polar surface area (TPSA) is 49.7 Å². The Morgan fingerprint density at radius 1 is 1.05 bits per heavy atom. The van der Waals surface area contributed by atoms with E-state index in [9.17, 15) is 10.2 Å². The summed E-state index contributed by atoms with van der Waals surface area (Å²) in [4.78, 5) is 0. The van der Waals surface area contributed by atoms with Gasteiger partial charge in [0.15, 0.2) is 0 Å². The van der Waals surface area contributed by atoms with E-state index >= 15 is 0 Å². The number of allylic oxidation sites excluding steroid dienone is 1. The Balaban J connectivity index is 4.89. The van der Waals surface area contributed by atoms with E-state index in [2.05, 4.69) is 19.1 Å².